The molecule has 86 valence electrons. The van der Waals surface area contributed by atoms with Gasteiger partial charge < -0.3 is 0 Å². The molecule has 0 saturated heterocycles. The fourth-order valence-corrected chi connectivity index (χ4v) is 3.77. The molecule has 0 aliphatic heterocycles. The summed E-state index contributed by atoms with van der Waals surface area (Å²) in [6.07, 6.45) is 9.13. The Hall–Kier alpha value is -0.690. The van der Waals surface area contributed by atoms with Crippen LogP contribution in [0.25, 0.3) is 0 Å². The fraction of sp³-hybridized carbons (Fsp3) is 0.467. The van der Waals surface area contributed by atoms with Crippen LogP contribution in [-0.2, 0) is 0 Å². The van der Waals surface area contributed by atoms with Gasteiger partial charge in [0.05, 0.1) is 0 Å². The minimum atomic E-state index is 0.476. The topological polar surface area (TPSA) is 0 Å². The Morgan fingerprint density at radius 3 is 2.44 bits per heavy atom. The van der Waals surface area contributed by atoms with Crippen LogP contribution in [0.5, 0.6) is 0 Å². The van der Waals surface area contributed by atoms with Gasteiger partial charge in [-0.25, -0.2) is 0 Å². The average Bonchev–Trinajstić information content (AvgIpc) is 2.38. The molecule has 0 unspecified atom stereocenters. The van der Waals surface area contributed by atoms with Gasteiger partial charge in [0.2, 0.25) is 0 Å². The van der Waals surface area contributed by atoms with E-state index in [1.54, 1.807) is 0 Å². The van der Waals surface area contributed by atoms with Crippen LogP contribution in [-0.4, -0.2) is 5.25 Å². The summed E-state index contributed by atoms with van der Waals surface area (Å²) in [6.45, 7) is 3.98. The second kappa shape index (κ2) is 6.15. The molecule has 1 aliphatic rings. The third-order valence-corrected chi connectivity index (χ3v) is 4.85. The summed E-state index contributed by atoms with van der Waals surface area (Å²) in [5.41, 5.74) is 1.40. The first kappa shape index (κ1) is 11.8. The standard InChI is InChI=1S/C15H20S/c1-2-15(13-9-5-3-6-10-13)16-14-11-7-4-8-12-14/h2-3,5-6,9-10,14-15H,1,4,7-8,11-12H2/t15-/m0/s1. The minimum absolute atomic E-state index is 0.476. The molecule has 1 fully saturated rings. The lowest BCUT2D eigenvalue weighted by Crippen LogP contribution is -2.09. The van der Waals surface area contributed by atoms with E-state index in [-0.39, 0.29) is 0 Å². The van der Waals surface area contributed by atoms with E-state index in [2.05, 4.69) is 54.7 Å². The number of thioether (sulfide) groups is 1. The van der Waals surface area contributed by atoms with Crippen LogP contribution in [0.2, 0.25) is 0 Å². The summed E-state index contributed by atoms with van der Waals surface area (Å²) >= 11 is 2.10. The molecule has 1 aliphatic carbocycles. The normalized spacial score (nSPS) is 19.2. The quantitative estimate of drug-likeness (QED) is 0.660. The summed E-state index contributed by atoms with van der Waals surface area (Å²) in [5, 5.41) is 1.32. The fourth-order valence-electron chi connectivity index (χ4n) is 2.32. The molecule has 1 saturated carbocycles. The molecule has 0 radical (unpaired) electrons. The van der Waals surface area contributed by atoms with Crippen LogP contribution in [0.1, 0.15) is 42.9 Å². The van der Waals surface area contributed by atoms with Crippen LogP contribution < -0.4 is 0 Å². The third-order valence-electron chi connectivity index (χ3n) is 3.23. The van der Waals surface area contributed by atoms with Crippen LogP contribution in [0.3, 0.4) is 0 Å². The van der Waals surface area contributed by atoms with Crippen molar-refractivity contribution in [3.8, 4) is 0 Å². The molecule has 0 bridgehead atoms. The molecule has 0 aromatic heterocycles. The molecule has 0 nitrogen and oxygen atoms in total. The largest absolute Gasteiger partial charge is 0.146 e. The van der Waals surface area contributed by atoms with E-state index < -0.39 is 0 Å². The first-order valence-corrected chi connectivity index (χ1v) is 7.17. The van der Waals surface area contributed by atoms with Crippen molar-refractivity contribution in [3.05, 3.63) is 48.6 Å². The van der Waals surface area contributed by atoms with Gasteiger partial charge in [0.15, 0.2) is 0 Å². The Kier molecular flexibility index (Phi) is 4.53. The molecule has 1 atom stereocenters. The van der Waals surface area contributed by atoms with Gasteiger partial charge in [-0.05, 0) is 18.4 Å². The number of hydrogen-bond donors (Lipinski definition) is 0. The lowest BCUT2D eigenvalue weighted by atomic mass is 10.0. The molecule has 0 spiro atoms. The molecular formula is C15H20S. The van der Waals surface area contributed by atoms with Gasteiger partial charge >= 0.3 is 0 Å². The number of hydrogen-bond acceptors (Lipinski definition) is 1. The van der Waals surface area contributed by atoms with E-state index in [4.69, 9.17) is 0 Å². The summed E-state index contributed by atoms with van der Waals surface area (Å²) in [5.74, 6) is 0. The van der Waals surface area contributed by atoms with Gasteiger partial charge in [-0.15, -0.1) is 18.3 Å². The highest BCUT2D eigenvalue weighted by molar-refractivity contribution is 8.00. The van der Waals surface area contributed by atoms with E-state index in [0.29, 0.717) is 5.25 Å². The van der Waals surface area contributed by atoms with Gasteiger partial charge in [0.1, 0.15) is 0 Å². The highest BCUT2D eigenvalue weighted by Gasteiger charge is 2.18. The van der Waals surface area contributed by atoms with Gasteiger partial charge in [0, 0.05) is 10.5 Å². The van der Waals surface area contributed by atoms with Crippen LogP contribution in [0.4, 0.5) is 0 Å². The molecule has 1 heteroatoms. The van der Waals surface area contributed by atoms with Crippen molar-refractivity contribution < 1.29 is 0 Å². The molecule has 1 aromatic carbocycles. The second-order valence-corrected chi connectivity index (χ2v) is 5.91. The maximum Gasteiger partial charge on any atom is 0.0477 e. The van der Waals surface area contributed by atoms with Crippen molar-refractivity contribution in [2.24, 2.45) is 0 Å². The highest BCUT2D eigenvalue weighted by Crippen LogP contribution is 2.38. The van der Waals surface area contributed by atoms with Crippen molar-refractivity contribution in [1.29, 1.82) is 0 Å². The maximum absolute atomic E-state index is 3.98. The van der Waals surface area contributed by atoms with Gasteiger partial charge in [0.25, 0.3) is 0 Å². The zero-order chi connectivity index (χ0) is 11.2. The van der Waals surface area contributed by atoms with Crippen LogP contribution in [0.15, 0.2) is 43.0 Å². The summed E-state index contributed by atoms with van der Waals surface area (Å²) in [6, 6.07) is 10.7. The van der Waals surface area contributed by atoms with Gasteiger partial charge in [-0.2, -0.15) is 0 Å². The Labute approximate surface area is 103 Å². The molecular weight excluding hydrogens is 212 g/mol. The SMILES string of the molecule is C=C[C@H](SC1CCCCC1)c1ccccc1. The minimum Gasteiger partial charge on any atom is -0.146 e. The molecule has 1 aromatic rings. The maximum atomic E-state index is 3.98. The van der Waals surface area contributed by atoms with Crippen LogP contribution in [0, 0.1) is 0 Å². The predicted octanol–water partition coefficient (Wildman–Crippen LogP) is 4.98. The average molecular weight is 232 g/mol. The van der Waals surface area contributed by atoms with Crippen molar-refractivity contribution in [2.45, 2.75) is 42.6 Å². The molecule has 0 amide bonds. The number of rotatable bonds is 4. The van der Waals surface area contributed by atoms with Crippen molar-refractivity contribution in [1.82, 2.24) is 0 Å². The first-order chi connectivity index (χ1) is 7.90. The summed E-state index contributed by atoms with van der Waals surface area (Å²) in [4.78, 5) is 0. The van der Waals surface area contributed by atoms with E-state index in [0.717, 1.165) is 5.25 Å². The molecule has 0 heterocycles. The van der Waals surface area contributed by atoms with Crippen molar-refractivity contribution >= 4 is 11.8 Å². The van der Waals surface area contributed by atoms with Crippen molar-refractivity contribution in [2.75, 3.05) is 0 Å². The predicted molar refractivity (Wildman–Crippen MR) is 73.8 cm³/mol. The Morgan fingerprint density at radius 2 is 1.81 bits per heavy atom. The first-order valence-electron chi connectivity index (χ1n) is 6.23. The van der Waals surface area contributed by atoms with Crippen LogP contribution >= 0.6 is 11.8 Å². The molecule has 16 heavy (non-hydrogen) atoms. The molecule has 2 rings (SSSR count). The smallest absolute Gasteiger partial charge is 0.0477 e. The number of benzene rings is 1. The van der Waals surface area contributed by atoms with Crippen molar-refractivity contribution in [3.63, 3.8) is 0 Å². The Morgan fingerprint density at radius 1 is 1.12 bits per heavy atom. The lowest BCUT2D eigenvalue weighted by Gasteiger charge is -2.24. The zero-order valence-electron chi connectivity index (χ0n) is 9.77. The molecule has 0 N–H and O–H groups in total. The zero-order valence-corrected chi connectivity index (χ0v) is 10.6. The van der Waals surface area contributed by atoms with E-state index in [9.17, 15) is 0 Å². The Bertz CT molecular complexity index is 311. The highest BCUT2D eigenvalue weighted by atomic mass is 32.2. The monoisotopic (exact) mass is 232 g/mol. The van der Waals surface area contributed by atoms with E-state index in [1.807, 2.05) is 0 Å². The third kappa shape index (κ3) is 3.15. The van der Waals surface area contributed by atoms with E-state index >= 15 is 0 Å². The Balaban J connectivity index is 1.97. The second-order valence-electron chi connectivity index (χ2n) is 4.46. The van der Waals surface area contributed by atoms with E-state index in [1.165, 1.54) is 37.7 Å². The summed E-state index contributed by atoms with van der Waals surface area (Å²) < 4.78 is 0. The van der Waals surface area contributed by atoms with Gasteiger partial charge in [-0.3, -0.25) is 0 Å². The van der Waals surface area contributed by atoms with Gasteiger partial charge in [-0.1, -0.05) is 55.7 Å². The summed E-state index contributed by atoms with van der Waals surface area (Å²) in [7, 11) is 0. The lowest BCUT2D eigenvalue weighted by molar-refractivity contribution is 0.515.